The second kappa shape index (κ2) is 8.74. The molecule has 0 unspecified atom stereocenters. The van der Waals surface area contributed by atoms with Crippen molar-refractivity contribution in [3.05, 3.63) is 41.3 Å². The van der Waals surface area contributed by atoms with E-state index in [9.17, 15) is 9.59 Å². The maximum absolute atomic E-state index is 13.1. The topological polar surface area (TPSA) is 108 Å². The molecule has 2 aromatic rings. The first-order valence-corrected chi connectivity index (χ1v) is 10.9. The average molecular weight is 439 g/mol. The van der Waals surface area contributed by atoms with E-state index in [2.05, 4.69) is 20.9 Å². The van der Waals surface area contributed by atoms with E-state index in [0.29, 0.717) is 28.7 Å². The Morgan fingerprint density at radius 2 is 2.12 bits per heavy atom. The molecule has 1 aromatic carbocycles. The van der Waals surface area contributed by atoms with Crippen LogP contribution in [0.5, 0.6) is 5.75 Å². The summed E-state index contributed by atoms with van der Waals surface area (Å²) in [5.74, 6) is 1.78. The minimum absolute atomic E-state index is 0.189. The van der Waals surface area contributed by atoms with Crippen LogP contribution in [0.15, 0.2) is 24.3 Å². The lowest BCUT2D eigenvalue weighted by Gasteiger charge is -2.31. The van der Waals surface area contributed by atoms with Gasteiger partial charge in [-0.3, -0.25) is 9.59 Å². The molecule has 2 aliphatic heterocycles. The Labute approximate surface area is 188 Å². The van der Waals surface area contributed by atoms with Gasteiger partial charge in [-0.2, -0.15) is 0 Å². The summed E-state index contributed by atoms with van der Waals surface area (Å²) in [6, 6.07) is 7.04. The molecule has 1 atom stereocenters. The molecule has 0 aliphatic carbocycles. The third-order valence-electron chi connectivity index (χ3n) is 5.88. The molecule has 32 heavy (non-hydrogen) atoms. The van der Waals surface area contributed by atoms with Gasteiger partial charge in [0.1, 0.15) is 17.4 Å². The van der Waals surface area contributed by atoms with Crippen molar-refractivity contribution in [2.75, 3.05) is 37.8 Å². The number of benzene rings is 1. The van der Waals surface area contributed by atoms with Crippen LogP contribution in [0.4, 0.5) is 11.5 Å². The zero-order valence-electron chi connectivity index (χ0n) is 19.0. The molecule has 170 valence electrons. The van der Waals surface area contributed by atoms with Crippen LogP contribution in [0, 0.1) is 0 Å². The number of nitrogens with zero attached hydrogens (tertiary/aromatic N) is 3. The molecule has 2 amide bonds. The van der Waals surface area contributed by atoms with Crippen LogP contribution < -0.4 is 20.7 Å². The van der Waals surface area contributed by atoms with Crippen molar-refractivity contribution in [1.82, 2.24) is 20.2 Å². The van der Waals surface area contributed by atoms with Crippen LogP contribution in [-0.2, 0) is 11.3 Å². The number of hydrogen-bond acceptors (Lipinski definition) is 7. The summed E-state index contributed by atoms with van der Waals surface area (Å²) in [4.78, 5) is 36.2. The van der Waals surface area contributed by atoms with Gasteiger partial charge in [0, 0.05) is 38.2 Å². The van der Waals surface area contributed by atoms with Crippen molar-refractivity contribution >= 4 is 23.3 Å². The fraction of sp³-hybridized carbons (Fsp3) is 0.478. The van der Waals surface area contributed by atoms with Gasteiger partial charge in [-0.15, -0.1) is 0 Å². The van der Waals surface area contributed by atoms with Crippen LogP contribution in [-0.4, -0.2) is 59.5 Å². The highest BCUT2D eigenvalue weighted by molar-refractivity contribution is 6.02. The molecule has 9 heteroatoms. The molecule has 3 heterocycles. The van der Waals surface area contributed by atoms with Crippen molar-refractivity contribution in [3.8, 4) is 5.75 Å². The van der Waals surface area contributed by atoms with E-state index in [4.69, 9.17) is 9.72 Å². The first-order chi connectivity index (χ1) is 15.3. The highest BCUT2D eigenvalue weighted by Gasteiger charge is 2.35. The van der Waals surface area contributed by atoms with Crippen molar-refractivity contribution in [1.29, 1.82) is 0 Å². The number of rotatable bonds is 5. The lowest BCUT2D eigenvalue weighted by Crippen LogP contribution is -2.45. The van der Waals surface area contributed by atoms with E-state index in [0.717, 1.165) is 37.4 Å². The molecule has 1 saturated heterocycles. The number of carbonyl (C=O) groups is 2. The van der Waals surface area contributed by atoms with Gasteiger partial charge in [0.25, 0.3) is 11.8 Å². The zero-order valence-corrected chi connectivity index (χ0v) is 19.0. The fourth-order valence-corrected chi connectivity index (χ4v) is 3.98. The standard InChI is InChI=1S/C23H30N6O3/c1-23(2)22(31)27-17-10-14(7-8-18(17)32-23)21(30)29(4)13-20-26-16(11-19(24-3)28-20)15-6-5-9-25-12-15/h7-8,10-11,15,25H,5-6,9,12-13H2,1-4H3,(H,27,31)(H,24,26,28)/t15-/m1/s1. The Bertz CT molecular complexity index is 1030. The second-order valence-corrected chi connectivity index (χ2v) is 8.83. The predicted octanol–water partition coefficient (Wildman–Crippen LogP) is 2.37. The summed E-state index contributed by atoms with van der Waals surface area (Å²) in [7, 11) is 3.55. The molecule has 3 N–H and O–H groups in total. The monoisotopic (exact) mass is 438 g/mol. The normalized spacial score (nSPS) is 19.4. The molecule has 2 aliphatic rings. The molecule has 9 nitrogen and oxygen atoms in total. The number of aromatic nitrogens is 2. The largest absolute Gasteiger partial charge is 0.476 e. The van der Waals surface area contributed by atoms with Gasteiger partial charge in [0.05, 0.1) is 17.9 Å². The first kappa shape index (κ1) is 22.0. The highest BCUT2D eigenvalue weighted by Crippen LogP contribution is 2.34. The van der Waals surface area contributed by atoms with Crippen LogP contribution in [0.1, 0.15) is 54.5 Å². The summed E-state index contributed by atoms with van der Waals surface area (Å²) in [5, 5.41) is 9.33. The number of hydrogen-bond donors (Lipinski definition) is 3. The number of anilines is 2. The minimum atomic E-state index is -0.948. The summed E-state index contributed by atoms with van der Waals surface area (Å²) in [5.41, 5.74) is 0.991. The fourth-order valence-electron chi connectivity index (χ4n) is 3.98. The second-order valence-electron chi connectivity index (χ2n) is 8.83. The lowest BCUT2D eigenvalue weighted by atomic mass is 9.96. The smallest absolute Gasteiger partial charge is 0.268 e. The number of fused-ring (bicyclic) bond motifs is 1. The van der Waals surface area contributed by atoms with E-state index in [-0.39, 0.29) is 18.4 Å². The molecular formula is C23H30N6O3. The third kappa shape index (κ3) is 4.52. The Hall–Kier alpha value is -3.20. The maximum atomic E-state index is 13.1. The quantitative estimate of drug-likeness (QED) is 0.658. The minimum Gasteiger partial charge on any atom is -0.476 e. The lowest BCUT2D eigenvalue weighted by molar-refractivity contribution is -0.129. The SMILES string of the molecule is CNc1cc([C@@H]2CCCNC2)nc(CN(C)C(=O)c2ccc3c(c2)NC(=O)C(C)(C)O3)n1. The molecule has 1 fully saturated rings. The Balaban J connectivity index is 1.52. The molecule has 1 aromatic heterocycles. The van der Waals surface area contributed by atoms with Gasteiger partial charge in [-0.1, -0.05) is 0 Å². The number of piperidine rings is 1. The molecule has 0 bridgehead atoms. The predicted molar refractivity (Wildman–Crippen MR) is 122 cm³/mol. The van der Waals surface area contributed by atoms with Crippen LogP contribution in [0.2, 0.25) is 0 Å². The van der Waals surface area contributed by atoms with E-state index >= 15 is 0 Å². The molecule has 4 rings (SSSR count). The van der Waals surface area contributed by atoms with Gasteiger partial charge in [-0.25, -0.2) is 9.97 Å². The van der Waals surface area contributed by atoms with E-state index < -0.39 is 5.60 Å². The summed E-state index contributed by atoms with van der Waals surface area (Å²) in [6.45, 7) is 5.61. The Kier molecular flexibility index (Phi) is 6.01. The Morgan fingerprint density at radius 3 is 2.84 bits per heavy atom. The summed E-state index contributed by atoms with van der Waals surface area (Å²) >= 11 is 0. The van der Waals surface area contributed by atoms with Gasteiger partial charge in [0.2, 0.25) is 0 Å². The van der Waals surface area contributed by atoms with Crippen LogP contribution in [0.3, 0.4) is 0 Å². The van der Waals surface area contributed by atoms with Crippen molar-refractivity contribution in [3.63, 3.8) is 0 Å². The van der Waals surface area contributed by atoms with Crippen molar-refractivity contribution in [2.24, 2.45) is 0 Å². The van der Waals surface area contributed by atoms with Gasteiger partial charge in [0.15, 0.2) is 5.60 Å². The molecule has 0 saturated carbocycles. The van der Waals surface area contributed by atoms with E-state index in [1.807, 2.05) is 13.1 Å². The maximum Gasteiger partial charge on any atom is 0.268 e. The van der Waals surface area contributed by atoms with Crippen molar-refractivity contribution < 1.29 is 14.3 Å². The van der Waals surface area contributed by atoms with Gasteiger partial charge >= 0.3 is 0 Å². The zero-order chi connectivity index (χ0) is 22.9. The number of carbonyl (C=O) groups excluding carboxylic acids is 2. The molecule has 0 radical (unpaired) electrons. The number of ether oxygens (including phenoxy) is 1. The molecular weight excluding hydrogens is 408 g/mol. The molecule has 0 spiro atoms. The Morgan fingerprint density at radius 1 is 1.31 bits per heavy atom. The van der Waals surface area contributed by atoms with Gasteiger partial charge < -0.3 is 25.6 Å². The van der Waals surface area contributed by atoms with Crippen LogP contribution in [0.25, 0.3) is 0 Å². The van der Waals surface area contributed by atoms with Crippen molar-refractivity contribution in [2.45, 2.75) is 44.8 Å². The summed E-state index contributed by atoms with van der Waals surface area (Å²) in [6.07, 6.45) is 2.20. The average Bonchev–Trinajstić information content (AvgIpc) is 2.79. The first-order valence-electron chi connectivity index (χ1n) is 10.9. The summed E-state index contributed by atoms with van der Waals surface area (Å²) < 4.78 is 5.75. The number of nitrogens with one attached hydrogen (secondary N) is 3. The third-order valence-corrected chi connectivity index (χ3v) is 5.88. The van der Waals surface area contributed by atoms with E-state index in [1.165, 1.54) is 0 Å². The van der Waals surface area contributed by atoms with Crippen LogP contribution >= 0.6 is 0 Å². The van der Waals surface area contributed by atoms with Gasteiger partial charge in [-0.05, 0) is 51.4 Å². The highest BCUT2D eigenvalue weighted by atomic mass is 16.5. The van der Waals surface area contributed by atoms with E-state index in [1.54, 1.807) is 44.0 Å². The number of amides is 2.